The highest BCUT2D eigenvalue weighted by Crippen LogP contribution is 2.29. The van der Waals surface area contributed by atoms with Gasteiger partial charge in [-0.05, 0) is 12.1 Å². The molecule has 4 nitrogen and oxygen atoms in total. The normalized spacial score (nSPS) is 17.8. The van der Waals surface area contributed by atoms with Crippen LogP contribution in [0.15, 0.2) is 48.5 Å². The molecule has 94 valence electrons. The van der Waals surface area contributed by atoms with E-state index in [4.69, 9.17) is 11.5 Å². The quantitative estimate of drug-likeness (QED) is 0.669. The molecule has 0 atom stereocenters. The number of carbonyl (C=O) groups excluding carboxylic acids is 1. The largest absolute Gasteiger partial charge is 0.397 e. The Kier molecular flexibility index (Phi) is 2.49. The Bertz CT molecular complexity index is 704. The number of nitrogens with two attached hydrogens (primary N) is 2. The van der Waals surface area contributed by atoms with Gasteiger partial charge in [0.25, 0.3) is 5.91 Å². The molecule has 1 aliphatic rings. The molecule has 0 aliphatic carbocycles. The van der Waals surface area contributed by atoms with Gasteiger partial charge in [0.15, 0.2) is 0 Å². The lowest BCUT2D eigenvalue weighted by Crippen LogP contribution is -2.21. The van der Waals surface area contributed by atoms with E-state index in [-0.39, 0.29) is 5.91 Å². The summed E-state index contributed by atoms with van der Waals surface area (Å²) in [4.78, 5) is 12.2. The van der Waals surface area contributed by atoms with Gasteiger partial charge in [0.2, 0.25) is 0 Å². The topological polar surface area (TPSA) is 81.1 Å². The zero-order valence-electron chi connectivity index (χ0n) is 10.2. The van der Waals surface area contributed by atoms with E-state index in [1.54, 1.807) is 24.3 Å². The lowest BCUT2D eigenvalue weighted by Gasteiger charge is -2.19. The van der Waals surface area contributed by atoms with E-state index >= 15 is 0 Å². The van der Waals surface area contributed by atoms with Crippen LogP contribution in [0, 0.1) is 0 Å². The predicted octanol–water partition coefficient (Wildman–Crippen LogP) is 2.00. The van der Waals surface area contributed by atoms with Crippen LogP contribution in [0.25, 0.3) is 11.4 Å². The molecule has 5 N–H and O–H groups in total. The van der Waals surface area contributed by atoms with Gasteiger partial charge in [0.1, 0.15) is 0 Å². The minimum Gasteiger partial charge on any atom is -0.397 e. The number of para-hydroxylation sites is 1. The molecule has 4 heteroatoms. The molecule has 0 bridgehead atoms. The summed E-state index contributed by atoms with van der Waals surface area (Å²) in [5.41, 5.74) is 15.7. The number of hydrogen-bond donors (Lipinski definition) is 3. The van der Waals surface area contributed by atoms with Gasteiger partial charge in [-0.1, -0.05) is 36.4 Å². The molecule has 3 rings (SSSR count). The second kappa shape index (κ2) is 4.17. The molecule has 0 saturated carbocycles. The maximum atomic E-state index is 12.2. The van der Waals surface area contributed by atoms with Crippen molar-refractivity contribution in [3.8, 4) is 0 Å². The first-order valence-electron chi connectivity index (χ1n) is 5.94. The maximum Gasteiger partial charge on any atom is 0.256 e. The Morgan fingerprint density at radius 3 is 2.00 bits per heavy atom. The number of anilines is 1. The summed E-state index contributed by atoms with van der Waals surface area (Å²) < 4.78 is 0. The first kappa shape index (κ1) is 11.3. The van der Waals surface area contributed by atoms with Crippen LogP contribution < -0.4 is 16.8 Å². The number of fused-ring (bicyclic) bond motifs is 2. The third kappa shape index (κ3) is 1.74. The fraction of sp³-hybridized carbons (Fsp3) is 0. The number of rotatable bonds is 0. The third-order valence-corrected chi connectivity index (χ3v) is 3.22. The molecule has 0 saturated heterocycles. The zero-order valence-corrected chi connectivity index (χ0v) is 10.2. The lowest BCUT2D eigenvalue weighted by molar-refractivity contribution is 0.102. The molecular formula is C15H13N3O. The molecule has 0 aromatic heterocycles. The van der Waals surface area contributed by atoms with Crippen LogP contribution >= 0.6 is 0 Å². The lowest BCUT2D eigenvalue weighted by atomic mass is 9.97. The van der Waals surface area contributed by atoms with E-state index in [1.165, 1.54) is 0 Å². The molecule has 1 heterocycles. The highest BCUT2D eigenvalue weighted by atomic mass is 16.1. The summed E-state index contributed by atoms with van der Waals surface area (Å²) in [6, 6.07) is 14.5. The van der Waals surface area contributed by atoms with Crippen molar-refractivity contribution in [2.45, 2.75) is 0 Å². The number of nitrogens with one attached hydrogen (secondary N) is 1. The van der Waals surface area contributed by atoms with Crippen molar-refractivity contribution in [2.75, 3.05) is 5.32 Å². The van der Waals surface area contributed by atoms with Gasteiger partial charge in [-0.2, -0.15) is 0 Å². The summed E-state index contributed by atoms with van der Waals surface area (Å²) >= 11 is 0. The van der Waals surface area contributed by atoms with E-state index in [1.807, 2.05) is 24.3 Å². The van der Waals surface area contributed by atoms with Crippen molar-refractivity contribution < 1.29 is 4.79 Å². The van der Waals surface area contributed by atoms with Crippen LogP contribution in [0.2, 0.25) is 0 Å². The molecule has 2 aromatic rings. The van der Waals surface area contributed by atoms with Gasteiger partial charge in [-0.25, -0.2) is 0 Å². The van der Waals surface area contributed by atoms with Crippen molar-refractivity contribution in [2.24, 2.45) is 11.5 Å². The second-order valence-corrected chi connectivity index (χ2v) is 4.37. The summed E-state index contributed by atoms with van der Waals surface area (Å²) in [5.74, 6) is -0.182. The summed E-state index contributed by atoms with van der Waals surface area (Å²) in [5, 5.41) is 2.86. The molecule has 1 aliphatic heterocycles. The fourth-order valence-electron chi connectivity index (χ4n) is 2.22. The molecule has 19 heavy (non-hydrogen) atoms. The SMILES string of the molecule is N/C1=C(\N)c2ccccc2C(=O)Nc2ccccc21. The molecular weight excluding hydrogens is 238 g/mol. The van der Waals surface area contributed by atoms with E-state index in [0.29, 0.717) is 28.2 Å². The first-order chi connectivity index (χ1) is 9.18. The minimum atomic E-state index is -0.182. The van der Waals surface area contributed by atoms with E-state index in [9.17, 15) is 4.79 Å². The zero-order chi connectivity index (χ0) is 13.4. The van der Waals surface area contributed by atoms with Gasteiger partial charge in [-0.3, -0.25) is 4.79 Å². The van der Waals surface area contributed by atoms with Crippen molar-refractivity contribution in [1.82, 2.24) is 0 Å². The van der Waals surface area contributed by atoms with Crippen molar-refractivity contribution >= 4 is 23.0 Å². The standard InChI is InChI=1S/C15H13N3O/c16-13-9-5-1-2-6-10(9)15(19)18-12-8-4-3-7-11(12)14(13)17/h1-8H,16-17H2,(H,18,19). The second-order valence-electron chi connectivity index (χ2n) is 4.37. The summed E-state index contributed by atoms with van der Waals surface area (Å²) in [7, 11) is 0. The fourth-order valence-corrected chi connectivity index (χ4v) is 2.22. The number of benzene rings is 2. The van der Waals surface area contributed by atoms with Crippen molar-refractivity contribution in [3.63, 3.8) is 0 Å². The first-order valence-corrected chi connectivity index (χ1v) is 5.94. The Hall–Kier alpha value is -2.75. The molecule has 2 aromatic carbocycles. The Balaban J connectivity index is 2.34. The van der Waals surface area contributed by atoms with E-state index in [2.05, 4.69) is 5.32 Å². The van der Waals surface area contributed by atoms with Gasteiger partial charge in [0.05, 0.1) is 17.1 Å². The number of carbonyl (C=O) groups is 1. The van der Waals surface area contributed by atoms with Crippen LogP contribution in [0.4, 0.5) is 5.69 Å². The highest BCUT2D eigenvalue weighted by Gasteiger charge is 2.20. The predicted molar refractivity (Wildman–Crippen MR) is 76.0 cm³/mol. The van der Waals surface area contributed by atoms with E-state index in [0.717, 1.165) is 5.56 Å². The Morgan fingerprint density at radius 1 is 0.737 bits per heavy atom. The van der Waals surface area contributed by atoms with Crippen LogP contribution in [-0.4, -0.2) is 5.91 Å². The highest BCUT2D eigenvalue weighted by molar-refractivity contribution is 6.12. The number of hydrogen-bond acceptors (Lipinski definition) is 3. The molecule has 0 radical (unpaired) electrons. The molecule has 0 unspecified atom stereocenters. The molecule has 1 amide bonds. The summed E-state index contributed by atoms with van der Waals surface area (Å²) in [6.07, 6.45) is 0. The van der Waals surface area contributed by atoms with Crippen LogP contribution in [0.1, 0.15) is 21.5 Å². The van der Waals surface area contributed by atoms with Crippen LogP contribution in [0.5, 0.6) is 0 Å². The van der Waals surface area contributed by atoms with Gasteiger partial charge < -0.3 is 16.8 Å². The van der Waals surface area contributed by atoms with Crippen LogP contribution in [-0.2, 0) is 0 Å². The van der Waals surface area contributed by atoms with Crippen molar-refractivity contribution in [3.05, 3.63) is 65.2 Å². The minimum absolute atomic E-state index is 0.182. The Labute approximate surface area is 110 Å². The molecule has 0 fully saturated rings. The average Bonchev–Trinajstić information content (AvgIpc) is 2.45. The van der Waals surface area contributed by atoms with Gasteiger partial charge in [0, 0.05) is 16.7 Å². The summed E-state index contributed by atoms with van der Waals surface area (Å²) in [6.45, 7) is 0. The maximum absolute atomic E-state index is 12.2. The van der Waals surface area contributed by atoms with Gasteiger partial charge in [-0.15, -0.1) is 0 Å². The van der Waals surface area contributed by atoms with Gasteiger partial charge >= 0.3 is 0 Å². The Morgan fingerprint density at radius 2 is 1.26 bits per heavy atom. The average molecular weight is 251 g/mol. The molecule has 0 spiro atoms. The van der Waals surface area contributed by atoms with E-state index < -0.39 is 0 Å². The number of amides is 1. The third-order valence-electron chi connectivity index (χ3n) is 3.22. The van der Waals surface area contributed by atoms with Crippen molar-refractivity contribution in [1.29, 1.82) is 0 Å². The smallest absolute Gasteiger partial charge is 0.256 e. The van der Waals surface area contributed by atoms with Crippen LogP contribution in [0.3, 0.4) is 0 Å². The monoisotopic (exact) mass is 251 g/mol.